The lowest BCUT2D eigenvalue weighted by molar-refractivity contribution is -0.134. The first-order valence-electron chi connectivity index (χ1n) is 10.6. The van der Waals surface area contributed by atoms with Gasteiger partial charge in [0.15, 0.2) is 10.8 Å². The molecule has 35 heavy (non-hydrogen) atoms. The molecule has 11 heteroatoms. The number of Topliss-reactive ketones (excluding diaryl/α,β-unsaturated/α-hetero) is 1. The summed E-state index contributed by atoms with van der Waals surface area (Å²) >= 11 is 7.20. The van der Waals surface area contributed by atoms with E-state index in [0.717, 1.165) is 16.9 Å². The van der Waals surface area contributed by atoms with E-state index in [1.165, 1.54) is 24.3 Å². The molecule has 1 aliphatic heterocycles. The second kappa shape index (κ2) is 13.7. The number of aliphatic carboxylic acids is 2. The maximum Gasteiger partial charge on any atom is 0.328 e. The Hall–Kier alpha value is -3.08. The molecule has 1 atom stereocenters. The fourth-order valence-corrected chi connectivity index (χ4v) is 4.72. The second-order valence-corrected chi connectivity index (χ2v) is 9.00. The topological polar surface area (TPSA) is 121 Å². The van der Waals surface area contributed by atoms with Crippen LogP contribution in [-0.2, 0) is 32.1 Å². The number of ketones is 1. The van der Waals surface area contributed by atoms with Crippen LogP contribution < -0.4 is 4.74 Å². The maximum atomic E-state index is 14.5. The van der Waals surface area contributed by atoms with Gasteiger partial charge in [-0.2, -0.15) is 0 Å². The first-order valence-corrected chi connectivity index (χ1v) is 12.0. The van der Waals surface area contributed by atoms with Crippen molar-refractivity contribution in [1.29, 1.82) is 0 Å². The zero-order chi connectivity index (χ0) is 26.0. The molecule has 1 unspecified atom stereocenters. The molecule has 0 radical (unpaired) electrons. The summed E-state index contributed by atoms with van der Waals surface area (Å²) in [6.07, 6.45) is 2.73. The largest absolute Gasteiger partial charge is 0.478 e. The molecular weight excluding hydrogens is 501 g/mol. The minimum absolute atomic E-state index is 0.0281. The minimum atomic E-state index is -1.26. The van der Waals surface area contributed by atoms with E-state index in [4.69, 9.17) is 26.6 Å². The molecule has 188 valence electrons. The van der Waals surface area contributed by atoms with Crippen molar-refractivity contribution in [3.05, 3.63) is 64.3 Å². The molecule has 1 aromatic carbocycles. The van der Waals surface area contributed by atoms with Crippen LogP contribution >= 0.6 is 22.9 Å². The highest BCUT2D eigenvalue weighted by Crippen LogP contribution is 2.37. The zero-order valence-electron chi connectivity index (χ0n) is 18.9. The number of carbonyl (C=O) groups excluding carboxylic acids is 2. The van der Waals surface area contributed by atoms with Crippen LogP contribution in [0.3, 0.4) is 0 Å². The van der Waals surface area contributed by atoms with E-state index in [-0.39, 0.29) is 17.6 Å². The number of carboxylic acid groups (broad SMARTS) is 2. The molecule has 0 bridgehead atoms. The fraction of sp³-hybridized carbons (Fsp3) is 0.333. The number of benzene rings is 1. The van der Waals surface area contributed by atoms with Gasteiger partial charge in [-0.25, -0.2) is 14.0 Å². The van der Waals surface area contributed by atoms with E-state index in [1.807, 2.05) is 11.0 Å². The molecule has 0 saturated heterocycles. The minimum Gasteiger partial charge on any atom is -0.478 e. The van der Waals surface area contributed by atoms with Gasteiger partial charge in [-0.3, -0.25) is 14.5 Å². The number of nitrogens with zero attached hydrogens (tertiary/aromatic N) is 1. The van der Waals surface area contributed by atoms with Gasteiger partial charge in [0.05, 0.1) is 6.04 Å². The van der Waals surface area contributed by atoms with Crippen LogP contribution in [0.25, 0.3) is 0 Å². The highest BCUT2D eigenvalue weighted by molar-refractivity contribution is 7.14. The Morgan fingerprint density at radius 1 is 1.20 bits per heavy atom. The number of ether oxygens (including phenoxy) is 1. The second-order valence-electron chi connectivity index (χ2n) is 7.52. The van der Waals surface area contributed by atoms with Crippen LogP contribution in [0.1, 0.15) is 41.8 Å². The first-order chi connectivity index (χ1) is 16.6. The summed E-state index contributed by atoms with van der Waals surface area (Å²) in [5, 5.41) is 16.2. The van der Waals surface area contributed by atoms with Crippen molar-refractivity contribution in [2.75, 3.05) is 12.4 Å². The number of hydrogen-bond acceptors (Lipinski definition) is 7. The number of thiophene rings is 1. The molecule has 3 rings (SSSR count). The van der Waals surface area contributed by atoms with Crippen LogP contribution in [-0.4, -0.2) is 51.2 Å². The van der Waals surface area contributed by atoms with Crippen molar-refractivity contribution in [2.24, 2.45) is 0 Å². The van der Waals surface area contributed by atoms with Crippen LogP contribution in [0, 0.1) is 5.82 Å². The summed E-state index contributed by atoms with van der Waals surface area (Å²) in [6, 6.07) is 7.63. The number of carboxylic acids is 2. The van der Waals surface area contributed by atoms with Gasteiger partial charge >= 0.3 is 17.9 Å². The fourth-order valence-electron chi connectivity index (χ4n) is 3.53. The van der Waals surface area contributed by atoms with Gasteiger partial charge in [0.25, 0.3) is 0 Å². The van der Waals surface area contributed by atoms with Crippen LogP contribution in [0.15, 0.2) is 42.5 Å². The Balaban J connectivity index is 0.000000466. The van der Waals surface area contributed by atoms with Crippen LogP contribution in [0.2, 0.25) is 0 Å². The number of rotatable bonds is 9. The summed E-state index contributed by atoms with van der Waals surface area (Å²) in [7, 11) is 0. The van der Waals surface area contributed by atoms with Crippen molar-refractivity contribution in [3.8, 4) is 5.06 Å². The first kappa shape index (κ1) is 28.2. The average Bonchev–Trinajstić information content (AvgIpc) is 3.19. The zero-order valence-corrected chi connectivity index (χ0v) is 20.5. The Bertz CT molecular complexity index is 1090. The van der Waals surface area contributed by atoms with Gasteiger partial charge < -0.3 is 14.9 Å². The molecule has 0 aliphatic carbocycles. The summed E-state index contributed by atoms with van der Waals surface area (Å²) in [6.45, 7) is 2.52. The molecular formula is C24H25ClFNO7S. The van der Waals surface area contributed by atoms with Gasteiger partial charge in [0.1, 0.15) is 5.82 Å². The van der Waals surface area contributed by atoms with Crippen LogP contribution in [0.4, 0.5) is 4.39 Å². The van der Waals surface area contributed by atoms with Gasteiger partial charge in [0, 0.05) is 54.9 Å². The molecule has 8 nitrogen and oxygen atoms in total. The highest BCUT2D eigenvalue weighted by atomic mass is 35.5. The van der Waals surface area contributed by atoms with Gasteiger partial charge in [-0.05, 0) is 30.5 Å². The van der Waals surface area contributed by atoms with E-state index >= 15 is 0 Å². The number of esters is 1. The predicted molar refractivity (Wildman–Crippen MR) is 128 cm³/mol. The number of carbonyl (C=O) groups is 4. The third kappa shape index (κ3) is 8.89. The standard InChI is InChI=1S/C20H21ClFNO3S.C4H4O4/c1-13(24)26-19-11-14-12-23(10-8-18(14)27-19)20(17(25)7-4-9-21)15-5-2-3-6-16(15)22;5-3(6)1-2-4(7)8/h2-3,5-6,11,20H,4,7-10,12H2,1H3;1-2H,(H,5,6)(H,7,8)/b;2-1+. The SMILES string of the molecule is CC(=O)Oc1cc2c(s1)CCN(C(C(=O)CCCCl)c1ccccc1F)C2.O=C(O)/C=C/C(=O)O. The number of fused-ring (bicyclic) bond motifs is 1. The van der Waals surface area contributed by atoms with Crippen molar-refractivity contribution in [1.82, 2.24) is 4.90 Å². The Morgan fingerprint density at radius 3 is 2.43 bits per heavy atom. The maximum absolute atomic E-state index is 14.5. The molecule has 1 aliphatic rings. The number of halogens is 2. The van der Waals surface area contributed by atoms with Crippen molar-refractivity contribution >= 4 is 46.6 Å². The lowest BCUT2D eigenvalue weighted by atomic mass is 9.95. The van der Waals surface area contributed by atoms with E-state index < -0.39 is 18.0 Å². The molecule has 2 N–H and O–H groups in total. The van der Waals surface area contributed by atoms with E-state index in [9.17, 15) is 23.6 Å². The number of alkyl halides is 1. The Kier molecular flexibility index (Phi) is 11.0. The highest BCUT2D eigenvalue weighted by Gasteiger charge is 2.32. The lowest BCUT2D eigenvalue weighted by Crippen LogP contribution is -2.38. The molecule has 0 saturated carbocycles. The summed E-state index contributed by atoms with van der Waals surface area (Å²) < 4.78 is 19.6. The quantitative estimate of drug-likeness (QED) is 0.284. The third-order valence-electron chi connectivity index (χ3n) is 4.91. The van der Waals surface area contributed by atoms with E-state index in [2.05, 4.69) is 0 Å². The van der Waals surface area contributed by atoms with Gasteiger partial charge in [-0.1, -0.05) is 18.2 Å². The average molecular weight is 526 g/mol. The van der Waals surface area contributed by atoms with E-state index in [0.29, 0.717) is 54.6 Å². The smallest absolute Gasteiger partial charge is 0.328 e. The lowest BCUT2D eigenvalue weighted by Gasteiger charge is -2.34. The summed E-state index contributed by atoms with van der Waals surface area (Å²) in [5.41, 5.74) is 1.42. The summed E-state index contributed by atoms with van der Waals surface area (Å²) in [4.78, 5) is 46.3. The summed E-state index contributed by atoms with van der Waals surface area (Å²) in [5.74, 6) is -2.88. The van der Waals surface area contributed by atoms with E-state index in [1.54, 1.807) is 18.2 Å². The predicted octanol–water partition coefficient (Wildman–Crippen LogP) is 4.21. The Morgan fingerprint density at radius 2 is 1.86 bits per heavy atom. The molecule has 0 fully saturated rings. The third-order valence-corrected chi connectivity index (χ3v) is 6.30. The van der Waals surface area contributed by atoms with Crippen molar-refractivity contribution in [3.63, 3.8) is 0 Å². The molecule has 2 aromatic rings. The van der Waals surface area contributed by atoms with Crippen LogP contribution in [0.5, 0.6) is 5.06 Å². The molecule has 2 heterocycles. The molecule has 0 amide bonds. The Labute approximate surface area is 210 Å². The van der Waals surface area contributed by atoms with Crippen molar-refractivity contribution < 1.29 is 38.5 Å². The number of hydrogen-bond donors (Lipinski definition) is 2. The normalized spacial score (nSPS) is 13.9. The van der Waals surface area contributed by atoms with Gasteiger partial charge in [-0.15, -0.1) is 22.9 Å². The molecule has 1 aromatic heterocycles. The monoisotopic (exact) mass is 525 g/mol. The van der Waals surface area contributed by atoms with Gasteiger partial charge in [0.2, 0.25) is 0 Å². The van der Waals surface area contributed by atoms with Crippen molar-refractivity contribution in [2.45, 2.75) is 38.8 Å². The molecule has 0 spiro atoms.